The van der Waals surface area contributed by atoms with E-state index in [0.29, 0.717) is 0 Å². The molecule has 0 unspecified atom stereocenters. The first-order chi connectivity index (χ1) is 13.4. The second kappa shape index (κ2) is 9.38. The number of hydrogen-bond donors (Lipinski definition) is 0. The van der Waals surface area contributed by atoms with Crippen LogP contribution in [-0.4, -0.2) is 53.9 Å². The summed E-state index contributed by atoms with van der Waals surface area (Å²) in [5.41, 5.74) is 1.17. The predicted molar refractivity (Wildman–Crippen MR) is 107 cm³/mol. The van der Waals surface area contributed by atoms with Crippen LogP contribution in [0.25, 0.3) is 11.4 Å². The summed E-state index contributed by atoms with van der Waals surface area (Å²) >= 11 is 0. The largest absolute Gasteiger partial charge is 0.494 e. The molecule has 2 aliphatic rings. The summed E-state index contributed by atoms with van der Waals surface area (Å²) in [4.78, 5) is 7.04. The molecule has 1 saturated carbocycles. The highest BCUT2D eigenvalue weighted by atomic mass is 16.5. The molecule has 2 fully saturated rings. The Morgan fingerprint density at radius 2 is 1.85 bits per heavy atom. The highest BCUT2D eigenvalue weighted by Crippen LogP contribution is 2.28. The lowest BCUT2D eigenvalue weighted by Gasteiger charge is -2.26. The molecule has 2 heterocycles. The molecule has 5 nitrogen and oxygen atoms in total. The zero-order chi connectivity index (χ0) is 18.3. The summed E-state index contributed by atoms with van der Waals surface area (Å²) in [6.07, 6.45) is 10.6. The quantitative estimate of drug-likeness (QED) is 0.663. The van der Waals surface area contributed by atoms with Gasteiger partial charge in [-0.05, 0) is 49.4 Å². The summed E-state index contributed by atoms with van der Waals surface area (Å²) in [6, 6.07) is 8.40. The van der Waals surface area contributed by atoms with E-state index >= 15 is 0 Å². The molecule has 0 radical (unpaired) electrons. The van der Waals surface area contributed by atoms with Gasteiger partial charge in [0.1, 0.15) is 11.6 Å². The van der Waals surface area contributed by atoms with Crippen molar-refractivity contribution in [2.45, 2.75) is 38.6 Å². The molecule has 1 saturated heterocycles. The maximum absolute atomic E-state index is 5.92. The minimum absolute atomic E-state index is 0.757. The van der Waals surface area contributed by atoms with E-state index in [1.807, 2.05) is 6.20 Å². The first-order valence-corrected chi connectivity index (χ1v) is 10.4. The molecule has 1 aliphatic carbocycles. The molecule has 5 heteroatoms. The van der Waals surface area contributed by atoms with Gasteiger partial charge in [-0.1, -0.05) is 12.8 Å². The van der Waals surface area contributed by atoms with E-state index in [0.717, 1.165) is 69.9 Å². The molecule has 4 rings (SSSR count). The number of benzene rings is 1. The van der Waals surface area contributed by atoms with E-state index in [2.05, 4.69) is 44.9 Å². The monoisotopic (exact) mass is 369 g/mol. The smallest absolute Gasteiger partial charge is 0.139 e. The summed E-state index contributed by atoms with van der Waals surface area (Å²) < 4.78 is 13.6. The van der Waals surface area contributed by atoms with Gasteiger partial charge < -0.3 is 14.0 Å². The predicted octanol–water partition coefficient (Wildman–Crippen LogP) is 3.84. The number of imidazole rings is 1. The van der Waals surface area contributed by atoms with Crippen molar-refractivity contribution >= 4 is 0 Å². The topological polar surface area (TPSA) is 39.5 Å². The molecule has 0 atom stereocenters. The fraction of sp³-hybridized carbons (Fsp3) is 0.591. The third kappa shape index (κ3) is 5.11. The summed E-state index contributed by atoms with van der Waals surface area (Å²) in [5.74, 6) is 2.82. The van der Waals surface area contributed by atoms with Crippen molar-refractivity contribution in [3.05, 3.63) is 36.7 Å². The Morgan fingerprint density at radius 1 is 1.07 bits per heavy atom. The van der Waals surface area contributed by atoms with Gasteiger partial charge in [0.25, 0.3) is 0 Å². The van der Waals surface area contributed by atoms with E-state index < -0.39 is 0 Å². The molecule has 0 spiro atoms. The number of rotatable bonds is 8. The van der Waals surface area contributed by atoms with Crippen LogP contribution in [0.5, 0.6) is 5.75 Å². The first kappa shape index (κ1) is 18.5. The molecular formula is C22H31N3O2. The van der Waals surface area contributed by atoms with Crippen molar-refractivity contribution in [3.63, 3.8) is 0 Å². The molecule has 1 aromatic carbocycles. The molecule has 1 aromatic heterocycles. The lowest BCUT2D eigenvalue weighted by molar-refractivity contribution is 0.0358. The Bertz CT molecular complexity index is 686. The normalized spacial score (nSPS) is 18.8. The van der Waals surface area contributed by atoms with Crippen LogP contribution in [0.2, 0.25) is 0 Å². The van der Waals surface area contributed by atoms with Gasteiger partial charge in [-0.25, -0.2) is 4.98 Å². The Morgan fingerprint density at radius 3 is 2.63 bits per heavy atom. The summed E-state index contributed by atoms with van der Waals surface area (Å²) in [5, 5.41) is 0. The van der Waals surface area contributed by atoms with Crippen LogP contribution in [0, 0.1) is 5.92 Å². The fourth-order valence-electron chi connectivity index (χ4n) is 4.19. The van der Waals surface area contributed by atoms with Crippen molar-refractivity contribution in [1.82, 2.24) is 14.5 Å². The number of hydrogen-bond acceptors (Lipinski definition) is 4. The molecule has 2 aromatic rings. The third-order valence-corrected chi connectivity index (χ3v) is 5.75. The molecule has 146 valence electrons. The Kier molecular flexibility index (Phi) is 6.43. The Balaban J connectivity index is 1.27. The van der Waals surface area contributed by atoms with Crippen LogP contribution in [0.1, 0.15) is 32.1 Å². The fourth-order valence-corrected chi connectivity index (χ4v) is 4.19. The van der Waals surface area contributed by atoms with Crippen LogP contribution in [0.4, 0.5) is 0 Å². The van der Waals surface area contributed by atoms with Crippen LogP contribution in [-0.2, 0) is 11.3 Å². The second-order valence-electron chi connectivity index (χ2n) is 7.73. The van der Waals surface area contributed by atoms with Gasteiger partial charge in [0.15, 0.2) is 0 Å². The average molecular weight is 370 g/mol. The molecule has 0 N–H and O–H groups in total. The third-order valence-electron chi connectivity index (χ3n) is 5.75. The standard InChI is InChI=1S/C22H31N3O2/c1-2-5-19(4-1)18-25-12-10-23-22(25)20-6-8-21(9-7-20)27-15-3-11-24-13-16-26-17-14-24/h6-10,12,19H,1-5,11,13-18H2. The molecule has 0 bridgehead atoms. The van der Waals surface area contributed by atoms with Gasteiger partial charge >= 0.3 is 0 Å². The second-order valence-corrected chi connectivity index (χ2v) is 7.73. The number of aromatic nitrogens is 2. The summed E-state index contributed by atoms with van der Waals surface area (Å²) in [7, 11) is 0. The maximum atomic E-state index is 5.92. The van der Waals surface area contributed by atoms with Gasteiger partial charge in [-0.3, -0.25) is 4.90 Å². The molecule has 1 aliphatic heterocycles. The maximum Gasteiger partial charge on any atom is 0.139 e. The van der Waals surface area contributed by atoms with Crippen LogP contribution in [0.3, 0.4) is 0 Å². The lowest BCUT2D eigenvalue weighted by atomic mass is 10.1. The first-order valence-electron chi connectivity index (χ1n) is 10.4. The van der Waals surface area contributed by atoms with E-state index in [1.165, 1.54) is 31.2 Å². The molecule has 0 amide bonds. The van der Waals surface area contributed by atoms with Crippen molar-refractivity contribution < 1.29 is 9.47 Å². The van der Waals surface area contributed by atoms with Crippen molar-refractivity contribution in [2.24, 2.45) is 5.92 Å². The van der Waals surface area contributed by atoms with E-state index in [9.17, 15) is 0 Å². The van der Waals surface area contributed by atoms with Crippen LogP contribution in [0.15, 0.2) is 36.7 Å². The molecular weight excluding hydrogens is 338 g/mol. The van der Waals surface area contributed by atoms with Gasteiger partial charge in [-0.2, -0.15) is 0 Å². The molecule has 27 heavy (non-hydrogen) atoms. The SMILES string of the molecule is c1cn(CC2CCCC2)c(-c2ccc(OCCCN3CCOCC3)cc2)n1. The highest BCUT2D eigenvalue weighted by molar-refractivity contribution is 5.56. The van der Waals surface area contributed by atoms with E-state index in [-0.39, 0.29) is 0 Å². The van der Waals surface area contributed by atoms with E-state index in [1.54, 1.807) is 0 Å². The highest BCUT2D eigenvalue weighted by Gasteiger charge is 2.17. The minimum Gasteiger partial charge on any atom is -0.494 e. The Labute approximate surface area is 162 Å². The van der Waals surface area contributed by atoms with Crippen LogP contribution >= 0.6 is 0 Å². The van der Waals surface area contributed by atoms with Gasteiger partial charge in [0.05, 0.1) is 19.8 Å². The lowest BCUT2D eigenvalue weighted by Crippen LogP contribution is -2.37. The van der Waals surface area contributed by atoms with Crippen molar-refractivity contribution in [3.8, 4) is 17.1 Å². The number of morpholine rings is 1. The van der Waals surface area contributed by atoms with Crippen molar-refractivity contribution in [2.75, 3.05) is 39.5 Å². The van der Waals surface area contributed by atoms with Crippen LogP contribution < -0.4 is 4.74 Å². The van der Waals surface area contributed by atoms with Gasteiger partial charge in [0, 0.05) is 44.1 Å². The zero-order valence-corrected chi connectivity index (χ0v) is 16.2. The minimum atomic E-state index is 0.757. The van der Waals surface area contributed by atoms with Gasteiger partial charge in [0.2, 0.25) is 0 Å². The zero-order valence-electron chi connectivity index (χ0n) is 16.2. The van der Waals surface area contributed by atoms with Gasteiger partial charge in [-0.15, -0.1) is 0 Å². The Hall–Kier alpha value is -1.85. The number of ether oxygens (including phenoxy) is 2. The van der Waals surface area contributed by atoms with Crippen molar-refractivity contribution in [1.29, 1.82) is 0 Å². The van der Waals surface area contributed by atoms with E-state index in [4.69, 9.17) is 9.47 Å². The average Bonchev–Trinajstić information content (AvgIpc) is 3.39. The number of nitrogens with zero attached hydrogens (tertiary/aromatic N) is 3. The summed E-state index contributed by atoms with van der Waals surface area (Å²) in [6.45, 7) is 6.74.